The van der Waals surface area contributed by atoms with Gasteiger partial charge in [0.1, 0.15) is 65.9 Å². The number of phenolic OH excluding ortho intramolecular Hbond substituents is 3. The van der Waals surface area contributed by atoms with Crippen molar-refractivity contribution in [2.75, 3.05) is 13.2 Å². The molecule has 9 unspecified atom stereocenters. The molecule has 0 bridgehead atoms. The molecule has 0 aliphatic carbocycles. The smallest absolute Gasteiger partial charge is 0.229 e. The van der Waals surface area contributed by atoms with Crippen LogP contribution < -0.4 is 10.2 Å². The third-order valence-corrected chi connectivity index (χ3v) is 6.92. The number of benzene rings is 2. The predicted molar refractivity (Wildman–Crippen MR) is 134 cm³/mol. The molecule has 3 aromatic rings. The molecule has 1 aromatic heterocycles. The maximum absolute atomic E-state index is 13.3. The van der Waals surface area contributed by atoms with Gasteiger partial charge in [0.2, 0.25) is 17.5 Å². The van der Waals surface area contributed by atoms with Crippen LogP contribution in [0.15, 0.2) is 45.8 Å². The quantitative estimate of drug-likeness (QED) is 0.156. The highest BCUT2D eigenvalue weighted by Gasteiger charge is 2.47. The first-order chi connectivity index (χ1) is 19.5. The molecule has 2 fully saturated rings. The molecule has 15 heteroatoms. The Labute approximate surface area is 230 Å². The fourth-order valence-corrected chi connectivity index (χ4v) is 4.59. The van der Waals surface area contributed by atoms with Gasteiger partial charge in [0.05, 0.1) is 18.8 Å². The van der Waals surface area contributed by atoms with Crippen LogP contribution in [0.5, 0.6) is 23.0 Å². The van der Waals surface area contributed by atoms with Gasteiger partial charge in [0.25, 0.3) is 0 Å². The second-order valence-electron chi connectivity index (χ2n) is 9.69. The molecule has 9 N–H and O–H groups in total. The lowest BCUT2D eigenvalue weighted by atomic mass is 9.99. The zero-order chi connectivity index (χ0) is 29.6. The van der Waals surface area contributed by atoms with E-state index in [1.807, 2.05) is 0 Å². The summed E-state index contributed by atoms with van der Waals surface area (Å²) in [7, 11) is 0. The van der Waals surface area contributed by atoms with E-state index in [1.54, 1.807) is 0 Å². The lowest BCUT2D eigenvalue weighted by Crippen LogP contribution is -2.61. The summed E-state index contributed by atoms with van der Waals surface area (Å²) in [6.07, 6.45) is -13.6. The van der Waals surface area contributed by atoms with E-state index in [9.17, 15) is 50.8 Å². The fourth-order valence-electron chi connectivity index (χ4n) is 4.59. The van der Waals surface area contributed by atoms with Crippen LogP contribution in [0.1, 0.15) is 0 Å². The third kappa shape index (κ3) is 5.42. The number of aromatic hydroxyl groups is 3. The van der Waals surface area contributed by atoms with Crippen molar-refractivity contribution >= 4 is 11.0 Å². The SMILES string of the molecule is O=c1c(-c2ccc(O)cc2)coc2c(OC3OC(COC4OCC(O)C(O)C4O)C(O)C(O)C3O)c(O)cc(O)c12. The lowest BCUT2D eigenvalue weighted by Gasteiger charge is -2.41. The number of ether oxygens (including phenoxy) is 4. The van der Waals surface area contributed by atoms with Gasteiger partial charge < -0.3 is 69.3 Å². The number of aliphatic hydroxyl groups excluding tert-OH is 6. The van der Waals surface area contributed by atoms with Gasteiger partial charge in [-0.3, -0.25) is 4.79 Å². The Bertz CT molecular complexity index is 1440. The maximum Gasteiger partial charge on any atom is 0.229 e. The second-order valence-corrected chi connectivity index (χ2v) is 9.69. The topological polar surface area (TPSA) is 249 Å². The van der Waals surface area contributed by atoms with Crippen LogP contribution in [0.25, 0.3) is 22.1 Å². The van der Waals surface area contributed by atoms with Gasteiger partial charge >= 0.3 is 0 Å². The van der Waals surface area contributed by atoms with E-state index >= 15 is 0 Å². The first-order valence-electron chi connectivity index (χ1n) is 12.4. The number of hydrogen-bond acceptors (Lipinski definition) is 15. The first kappa shape index (κ1) is 29.0. The normalized spacial score (nSPS) is 32.2. The molecule has 5 rings (SSSR count). The molecular weight excluding hydrogens is 552 g/mol. The molecule has 2 aromatic carbocycles. The van der Waals surface area contributed by atoms with Crippen LogP contribution >= 0.6 is 0 Å². The summed E-state index contributed by atoms with van der Waals surface area (Å²) in [6.45, 7) is -0.903. The van der Waals surface area contributed by atoms with Gasteiger partial charge in [0, 0.05) is 6.07 Å². The van der Waals surface area contributed by atoms with E-state index in [0.717, 1.165) is 12.3 Å². The molecule has 15 nitrogen and oxygen atoms in total. The number of phenols is 3. The standard InChI is InChI=1S/C26H28O15/c27-10-3-1-9(2-4-10)11-6-37-24-16(17(11)31)12(28)5-13(29)23(24)41-26-22(36)20(34)19(33)15(40-26)8-39-25-21(35)18(32)14(30)7-38-25/h1-6,14-15,18-22,25-30,32-36H,7-8H2. The molecule has 2 saturated heterocycles. The molecule has 41 heavy (non-hydrogen) atoms. The van der Waals surface area contributed by atoms with E-state index in [4.69, 9.17) is 23.4 Å². The molecule has 0 saturated carbocycles. The molecule has 2 aliphatic heterocycles. The van der Waals surface area contributed by atoms with Crippen molar-refractivity contribution in [3.05, 3.63) is 46.8 Å². The van der Waals surface area contributed by atoms with Gasteiger partial charge in [0.15, 0.2) is 17.6 Å². The Balaban J connectivity index is 1.41. The van der Waals surface area contributed by atoms with Crippen molar-refractivity contribution in [1.82, 2.24) is 0 Å². The summed E-state index contributed by atoms with van der Waals surface area (Å²) in [5.41, 5.74) is -0.776. The van der Waals surface area contributed by atoms with Crippen LogP contribution in [0.4, 0.5) is 0 Å². The minimum atomic E-state index is -1.89. The largest absolute Gasteiger partial charge is 0.508 e. The van der Waals surface area contributed by atoms with E-state index in [2.05, 4.69) is 0 Å². The number of hydrogen-bond donors (Lipinski definition) is 9. The van der Waals surface area contributed by atoms with Gasteiger partial charge in [-0.2, -0.15) is 0 Å². The summed E-state index contributed by atoms with van der Waals surface area (Å²) in [6, 6.07) is 6.39. The Morgan fingerprint density at radius 1 is 0.829 bits per heavy atom. The summed E-state index contributed by atoms with van der Waals surface area (Å²) in [5, 5.41) is 90.9. The Kier molecular flexibility index (Phi) is 8.06. The first-order valence-corrected chi connectivity index (χ1v) is 12.4. The van der Waals surface area contributed by atoms with Crippen LogP contribution in [0, 0.1) is 0 Å². The molecular formula is C26H28O15. The Hall–Kier alpha value is -3.51. The molecule has 9 atom stereocenters. The Morgan fingerprint density at radius 2 is 1.51 bits per heavy atom. The highest BCUT2D eigenvalue weighted by Crippen LogP contribution is 2.41. The minimum Gasteiger partial charge on any atom is -0.508 e. The van der Waals surface area contributed by atoms with Crippen LogP contribution in [0.3, 0.4) is 0 Å². The van der Waals surface area contributed by atoms with Crippen molar-refractivity contribution in [1.29, 1.82) is 0 Å². The van der Waals surface area contributed by atoms with Crippen molar-refractivity contribution in [3.8, 4) is 34.1 Å². The molecule has 3 heterocycles. The van der Waals surface area contributed by atoms with Gasteiger partial charge in [-0.05, 0) is 17.7 Å². The minimum absolute atomic E-state index is 0.0129. The van der Waals surface area contributed by atoms with Crippen LogP contribution in [-0.4, -0.2) is 114 Å². The number of rotatable bonds is 6. The second kappa shape index (κ2) is 11.4. The summed E-state index contributed by atoms with van der Waals surface area (Å²) in [5.74, 6) is -1.94. The average Bonchev–Trinajstić information content (AvgIpc) is 2.94. The summed E-state index contributed by atoms with van der Waals surface area (Å²) in [4.78, 5) is 13.3. The summed E-state index contributed by atoms with van der Waals surface area (Å²) < 4.78 is 27.2. The maximum atomic E-state index is 13.3. The monoisotopic (exact) mass is 580 g/mol. The fraction of sp³-hybridized carbons (Fsp3) is 0.423. The van der Waals surface area contributed by atoms with Crippen LogP contribution in [-0.2, 0) is 14.2 Å². The predicted octanol–water partition coefficient (Wildman–Crippen LogP) is -1.78. The van der Waals surface area contributed by atoms with E-state index in [-0.39, 0.29) is 17.9 Å². The van der Waals surface area contributed by atoms with E-state index in [1.165, 1.54) is 24.3 Å². The highest BCUT2D eigenvalue weighted by molar-refractivity contribution is 5.93. The van der Waals surface area contributed by atoms with Crippen molar-refractivity contribution in [2.45, 2.75) is 55.3 Å². The number of fused-ring (bicyclic) bond motifs is 1. The van der Waals surface area contributed by atoms with Gasteiger partial charge in [-0.1, -0.05) is 12.1 Å². The molecule has 2 aliphatic rings. The van der Waals surface area contributed by atoms with E-state index < -0.39 is 95.6 Å². The zero-order valence-electron chi connectivity index (χ0n) is 21.0. The molecule has 222 valence electrons. The Morgan fingerprint density at radius 3 is 2.22 bits per heavy atom. The van der Waals surface area contributed by atoms with Crippen molar-refractivity contribution < 1.29 is 69.3 Å². The highest BCUT2D eigenvalue weighted by atomic mass is 16.7. The van der Waals surface area contributed by atoms with Gasteiger partial charge in [-0.25, -0.2) is 0 Å². The molecule has 0 amide bonds. The third-order valence-electron chi connectivity index (χ3n) is 6.92. The van der Waals surface area contributed by atoms with Crippen molar-refractivity contribution in [3.63, 3.8) is 0 Å². The van der Waals surface area contributed by atoms with Crippen LogP contribution in [0.2, 0.25) is 0 Å². The lowest BCUT2D eigenvalue weighted by molar-refractivity contribution is -0.307. The summed E-state index contributed by atoms with van der Waals surface area (Å²) >= 11 is 0. The van der Waals surface area contributed by atoms with Gasteiger partial charge in [-0.15, -0.1) is 0 Å². The average molecular weight is 580 g/mol. The molecule has 0 radical (unpaired) electrons. The van der Waals surface area contributed by atoms with Crippen molar-refractivity contribution in [2.24, 2.45) is 0 Å². The molecule has 0 spiro atoms. The number of aliphatic hydroxyl groups is 6. The zero-order valence-corrected chi connectivity index (χ0v) is 21.0. The van der Waals surface area contributed by atoms with E-state index in [0.29, 0.717) is 5.56 Å².